The highest BCUT2D eigenvalue weighted by molar-refractivity contribution is 8.18. The van der Waals surface area contributed by atoms with Crippen molar-refractivity contribution in [1.82, 2.24) is 0 Å². The zero-order valence-electron chi connectivity index (χ0n) is 10.8. The summed E-state index contributed by atoms with van der Waals surface area (Å²) in [5.41, 5.74) is 7.34. The fraction of sp³-hybridized carbons (Fsp3) is 0.143. The SMILES string of the molecule is COc1cccc2c1OCC(/C=C1\SC(N)=NC1=O)=C2. The van der Waals surface area contributed by atoms with Crippen molar-refractivity contribution < 1.29 is 14.3 Å². The second-order valence-corrected chi connectivity index (χ2v) is 5.31. The molecule has 0 fully saturated rings. The van der Waals surface area contributed by atoms with E-state index in [2.05, 4.69) is 4.99 Å². The lowest BCUT2D eigenvalue weighted by molar-refractivity contribution is -0.113. The molecule has 0 aliphatic carbocycles. The van der Waals surface area contributed by atoms with Gasteiger partial charge >= 0.3 is 0 Å². The van der Waals surface area contributed by atoms with Gasteiger partial charge in [0.05, 0.1) is 12.0 Å². The highest BCUT2D eigenvalue weighted by atomic mass is 32.2. The first kappa shape index (κ1) is 12.8. The average molecular weight is 288 g/mol. The first-order valence-electron chi connectivity index (χ1n) is 5.96. The van der Waals surface area contributed by atoms with Crippen LogP contribution in [0.2, 0.25) is 0 Å². The number of ether oxygens (including phenoxy) is 2. The van der Waals surface area contributed by atoms with E-state index < -0.39 is 0 Å². The first-order valence-corrected chi connectivity index (χ1v) is 6.77. The Labute approximate surface area is 120 Å². The minimum atomic E-state index is -0.301. The number of benzene rings is 1. The van der Waals surface area contributed by atoms with Gasteiger partial charge in [-0.1, -0.05) is 12.1 Å². The number of nitrogens with two attached hydrogens (primary N) is 1. The third-order valence-electron chi connectivity index (χ3n) is 2.91. The van der Waals surface area contributed by atoms with Crippen LogP contribution >= 0.6 is 11.8 Å². The summed E-state index contributed by atoms with van der Waals surface area (Å²) in [6.45, 7) is 0.380. The van der Waals surface area contributed by atoms with E-state index in [0.29, 0.717) is 17.3 Å². The van der Waals surface area contributed by atoms with Gasteiger partial charge in [-0.25, -0.2) is 0 Å². The molecule has 2 aliphatic heterocycles. The number of hydrogen-bond donors (Lipinski definition) is 1. The number of nitrogens with zero attached hydrogens (tertiary/aromatic N) is 1. The Kier molecular flexibility index (Phi) is 3.23. The first-order chi connectivity index (χ1) is 9.67. The highest BCUT2D eigenvalue weighted by Gasteiger charge is 2.21. The van der Waals surface area contributed by atoms with E-state index in [4.69, 9.17) is 15.2 Å². The molecule has 0 unspecified atom stereocenters. The van der Waals surface area contributed by atoms with Crippen LogP contribution in [0.4, 0.5) is 0 Å². The van der Waals surface area contributed by atoms with Crippen LogP contribution in [0.1, 0.15) is 5.56 Å². The van der Waals surface area contributed by atoms with Crippen molar-refractivity contribution in [2.75, 3.05) is 13.7 Å². The number of carbonyl (C=O) groups excluding carboxylic acids is 1. The Morgan fingerprint density at radius 1 is 1.50 bits per heavy atom. The molecule has 1 aromatic carbocycles. The second-order valence-electron chi connectivity index (χ2n) is 4.25. The number of carbonyl (C=O) groups is 1. The third-order valence-corrected chi connectivity index (χ3v) is 3.72. The van der Waals surface area contributed by atoms with Crippen LogP contribution < -0.4 is 15.2 Å². The molecule has 102 valence electrons. The molecule has 1 aromatic rings. The highest BCUT2D eigenvalue weighted by Crippen LogP contribution is 2.36. The molecule has 0 saturated carbocycles. The van der Waals surface area contributed by atoms with Gasteiger partial charge in [0.2, 0.25) is 0 Å². The van der Waals surface area contributed by atoms with Gasteiger partial charge in [0, 0.05) is 5.56 Å². The maximum Gasteiger partial charge on any atom is 0.286 e. The van der Waals surface area contributed by atoms with Crippen LogP contribution in [0.3, 0.4) is 0 Å². The summed E-state index contributed by atoms with van der Waals surface area (Å²) >= 11 is 1.17. The Bertz CT molecular complexity index is 677. The van der Waals surface area contributed by atoms with Gasteiger partial charge in [0.1, 0.15) is 6.61 Å². The van der Waals surface area contributed by atoms with Crippen LogP contribution in [0.5, 0.6) is 11.5 Å². The lowest BCUT2D eigenvalue weighted by Gasteiger charge is -2.18. The van der Waals surface area contributed by atoms with Gasteiger partial charge in [0.15, 0.2) is 16.7 Å². The smallest absolute Gasteiger partial charge is 0.286 e. The predicted molar refractivity (Wildman–Crippen MR) is 78.8 cm³/mol. The van der Waals surface area contributed by atoms with Crippen LogP contribution in [-0.2, 0) is 4.79 Å². The summed E-state index contributed by atoms with van der Waals surface area (Å²) in [5.74, 6) is 1.12. The molecule has 0 spiro atoms. The normalized spacial score (nSPS) is 19.2. The quantitative estimate of drug-likeness (QED) is 0.842. The molecule has 2 heterocycles. The van der Waals surface area contributed by atoms with Crippen molar-refractivity contribution in [2.45, 2.75) is 0 Å². The number of amides is 1. The minimum absolute atomic E-state index is 0.278. The predicted octanol–water partition coefficient (Wildman–Crippen LogP) is 1.94. The van der Waals surface area contributed by atoms with Gasteiger partial charge in [-0.2, -0.15) is 4.99 Å². The van der Waals surface area contributed by atoms with Gasteiger partial charge in [-0.05, 0) is 35.6 Å². The molecular weight excluding hydrogens is 276 g/mol. The molecule has 0 radical (unpaired) electrons. The van der Waals surface area contributed by atoms with Crippen LogP contribution in [0.15, 0.2) is 39.7 Å². The summed E-state index contributed by atoms with van der Waals surface area (Å²) < 4.78 is 11.0. The Balaban J connectivity index is 1.92. The van der Waals surface area contributed by atoms with E-state index in [0.717, 1.165) is 16.9 Å². The minimum Gasteiger partial charge on any atom is -0.493 e. The topological polar surface area (TPSA) is 73.9 Å². The van der Waals surface area contributed by atoms with Gasteiger partial charge in [-0.3, -0.25) is 4.79 Å². The largest absolute Gasteiger partial charge is 0.493 e. The standard InChI is InChI=1S/C14H12N2O3S/c1-18-10-4-2-3-9-5-8(7-19-12(9)10)6-11-13(17)16-14(15)20-11/h2-6H,7H2,1H3,(H2,15,16,17)/b11-6-. The fourth-order valence-electron chi connectivity index (χ4n) is 2.04. The monoisotopic (exact) mass is 288 g/mol. The number of hydrogen-bond acceptors (Lipinski definition) is 5. The summed E-state index contributed by atoms with van der Waals surface area (Å²) in [6.07, 6.45) is 3.73. The molecule has 0 saturated heterocycles. The Hall–Kier alpha value is -2.21. The van der Waals surface area contributed by atoms with E-state index in [1.807, 2.05) is 24.3 Å². The van der Waals surface area contributed by atoms with Crippen molar-refractivity contribution in [3.05, 3.63) is 40.3 Å². The van der Waals surface area contributed by atoms with Crippen molar-refractivity contribution in [3.8, 4) is 11.5 Å². The molecule has 1 amide bonds. The van der Waals surface area contributed by atoms with Crippen molar-refractivity contribution >= 4 is 28.9 Å². The number of aliphatic imine (C=N–C) groups is 1. The third kappa shape index (κ3) is 2.30. The summed E-state index contributed by atoms with van der Waals surface area (Å²) in [7, 11) is 1.61. The molecule has 0 aromatic heterocycles. The maximum absolute atomic E-state index is 11.6. The lowest BCUT2D eigenvalue weighted by Crippen LogP contribution is -2.08. The van der Waals surface area contributed by atoms with Crippen LogP contribution in [0.25, 0.3) is 6.08 Å². The molecule has 2 aliphatic rings. The number of methoxy groups -OCH3 is 1. The van der Waals surface area contributed by atoms with Crippen LogP contribution in [-0.4, -0.2) is 24.8 Å². The van der Waals surface area contributed by atoms with Crippen molar-refractivity contribution in [1.29, 1.82) is 0 Å². The number of para-hydroxylation sites is 1. The molecule has 20 heavy (non-hydrogen) atoms. The molecular formula is C14H12N2O3S. The average Bonchev–Trinajstić information content (AvgIpc) is 2.76. The Morgan fingerprint density at radius 2 is 2.35 bits per heavy atom. The Morgan fingerprint density at radius 3 is 3.05 bits per heavy atom. The molecule has 2 N–H and O–H groups in total. The van der Waals surface area contributed by atoms with Gasteiger partial charge in [0.25, 0.3) is 5.91 Å². The van der Waals surface area contributed by atoms with E-state index in [1.54, 1.807) is 13.2 Å². The van der Waals surface area contributed by atoms with E-state index in [9.17, 15) is 4.79 Å². The summed E-state index contributed by atoms with van der Waals surface area (Å²) in [6, 6.07) is 5.68. The summed E-state index contributed by atoms with van der Waals surface area (Å²) in [5, 5.41) is 0.278. The molecule has 3 rings (SSSR count). The molecule has 0 atom stereocenters. The lowest BCUT2D eigenvalue weighted by atomic mass is 10.1. The number of fused-ring (bicyclic) bond motifs is 1. The van der Waals surface area contributed by atoms with Gasteiger partial charge < -0.3 is 15.2 Å². The van der Waals surface area contributed by atoms with E-state index >= 15 is 0 Å². The molecule has 6 heteroatoms. The molecule has 0 bridgehead atoms. The zero-order valence-corrected chi connectivity index (χ0v) is 11.6. The fourth-order valence-corrected chi connectivity index (χ4v) is 2.73. The number of rotatable bonds is 2. The van der Waals surface area contributed by atoms with Crippen LogP contribution in [0, 0.1) is 0 Å². The van der Waals surface area contributed by atoms with E-state index in [1.165, 1.54) is 11.8 Å². The summed E-state index contributed by atoms with van der Waals surface area (Å²) in [4.78, 5) is 15.7. The number of amidine groups is 1. The second kappa shape index (κ2) is 5.05. The number of thioether (sulfide) groups is 1. The van der Waals surface area contributed by atoms with Gasteiger partial charge in [-0.15, -0.1) is 0 Å². The van der Waals surface area contributed by atoms with Crippen molar-refractivity contribution in [2.24, 2.45) is 10.7 Å². The van der Waals surface area contributed by atoms with Crippen molar-refractivity contribution in [3.63, 3.8) is 0 Å². The maximum atomic E-state index is 11.6. The molecule has 5 nitrogen and oxygen atoms in total. The van der Waals surface area contributed by atoms with E-state index in [-0.39, 0.29) is 11.1 Å². The zero-order chi connectivity index (χ0) is 14.1.